The van der Waals surface area contributed by atoms with Crippen molar-refractivity contribution in [3.8, 4) is 0 Å². The van der Waals surface area contributed by atoms with Gasteiger partial charge in [0.05, 0.1) is 5.69 Å². The van der Waals surface area contributed by atoms with Gasteiger partial charge in [-0.25, -0.2) is 0 Å². The maximum atomic E-state index is 4.21. The van der Waals surface area contributed by atoms with Gasteiger partial charge in [0.15, 0.2) is 0 Å². The van der Waals surface area contributed by atoms with E-state index in [0.717, 1.165) is 25.2 Å². The van der Waals surface area contributed by atoms with E-state index in [1.807, 2.05) is 13.2 Å². The van der Waals surface area contributed by atoms with Crippen molar-refractivity contribution in [1.82, 2.24) is 20.3 Å². The van der Waals surface area contributed by atoms with Crippen molar-refractivity contribution in [3.05, 3.63) is 47.3 Å². The molecular formula is C14H18N4. The number of aromatic nitrogens is 3. The molecule has 2 heterocycles. The van der Waals surface area contributed by atoms with Gasteiger partial charge in [-0.2, -0.15) is 0 Å². The highest BCUT2D eigenvalue weighted by atomic mass is 15.4. The molecule has 0 spiro atoms. The van der Waals surface area contributed by atoms with Crippen LogP contribution in [0.25, 0.3) is 0 Å². The van der Waals surface area contributed by atoms with Gasteiger partial charge in [0, 0.05) is 38.2 Å². The monoisotopic (exact) mass is 242 g/mol. The first kappa shape index (κ1) is 11.4. The van der Waals surface area contributed by atoms with Gasteiger partial charge in [-0.3, -0.25) is 4.68 Å². The Kier molecular flexibility index (Phi) is 2.67. The summed E-state index contributed by atoms with van der Waals surface area (Å²) >= 11 is 0. The Hall–Kier alpha value is -1.68. The summed E-state index contributed by atoms with van der Waals surface area (Å²) in [5, 5.41) is 11.6. The number of hydrogen-bond acceptors (Lipinski definition) is 3. The summed E-state index contributed by atoms with van der Waals surface area (Å²) in [6.07, 6.45) is 2.96. The molecule has 3 rings (SSSR count). The minimum absolute atomic E-state index is 0.198. The quantitative estimate of drug-likeness (QED) is 0.879. The largest absolute Gasteiger partial charge is 0.315 e. The summed E-state index contributed by atoms with van der Waals surface area (Å²) in [5.74, 6) is 0. The van der Waals surface area contributed by atoms with Crippen LogP contribution in [-0.4, -0.2) is 28.1 Å². The van der Waals surface area contributed by atoms with E-state index >= 15 is 0 Å². The maximum absolute atomic E-state index is 4.21. The van der Waals surface area contributed by atoms with Crippen molar-refractivity contribution in [2.45, 2.75) is 18.8 Å². The molecule has 4 heteroatoms. The zero-order chi connectivity index (χ0) is 12.6. The Balaban J connectivity index is 1.88. The molecule has 0 radical (unpaired) electrons. The molecule has 0 atom stereocenters. The second kappa shape index (κ2) is 4.21. The number of hydrogen-bond donors (Lipinski definition) is 1. The lowest BCUT2D eigenvalue weighted by Crippen LogP contribution is -2.58. The number of benzene rings is 1. The van der Waals surface area contributed by atoms with Crippen LogP contribution in [0.2, 0.25) is 0 Å². The zero-order valence-corrected chi connectivity index (χ0v) is 10.8. The molecule has 94 valence electrons. The second-order valence-corrected chi connectivity index (χ2v) is 5.31. The molecule has 0 amide bonds. The molecule has 1 aromatic carbocycles. The molecule has 4 nitrogen and oxygen atoms in total. The smallest absolute Gasteiger partial charge is 0.0836 e. The molecule has 0 bridgehead atoms. The number of nitrogens with one attached hydrogen (secondary N) is 1. The summed E-state index contributed by atoms with van der Waals surface area (Å²) in [5.41, 5.74) is 3.97. The topological polar surface area (TPSA) is 42.7 Å². The molecule has 2 aromatic rings. The van der Waals surface area contributed by atoms with Crippen LogP contribution in [0.3, 0.4) is 0 Å². The first-order valence-corrected chi connectivity index (χ1v) is 6.31. The lowest BCUT2D eigenvalue weighted by atomic mass is 9.72. The SMILES string of the molecule is Cc1ccc(C2(Cc3cn(C)nn3)CNC2)cc1. The summed E-state index contributed by atoms with van der Waals surface area (Å²) in [6, 6.07) is 8.86. The van der Waals surface area contributed by atoms with E-state index in [4.69, 9.17) is 0 Å². The van der Waals surface area contributed by atoms with Crippen molar-refractivity contribution in [2.75, 3.05) is 13.1 Å². The van der Waals surface area contributed by atoms with Gasteiger partial charge in [0.25, 0.3) is 0 Å². The van der Waals surface area contributed by atoms with E-state index in [1.165, 1.54) is 11.1 Å². The Morgan fingerprint density at radius 2 is 2.00 bits per heavy atom. The number of rotatable bonds is 3. The Morgan fingerprint density at radius 1 is 1.28 bits per heavy atom. The predicted molar refractivity (Wildman–Crippen MR) is 70.4 cm³/mol. The van der Waals surface area contributed by atoms with Gasteiger partial charge in [0.2, 0.25) is 0 Å². The van der Waals surface area contributed by atoms with Crippen LogP contribution in [-0.2, 0) is 18.9 Å². The van der Waals surface area contributed by atoms with Crippen molar-refractivity contribution in [3.63, 3.8) is 0 Å². The zero-order valence-electron chi connectivity index (χ0n) is 10.8. The summed E-state index contributed by atoms with van der Waals surface area (Å²) in [6.45, 7) is 4.16. The molecular weight excluding hydrogens is 224 g/mol. The molecule has 1 aromatic heterocycles. The fourth-order valence-electron chi connectivity index (χ4n) is 2.59. The van der Waals surface area contributed by atoms with Crippen molar-refractivity contribution < 1.29 is 0 Å². The minimum atomic E-state index is 0.198. The summed E-state index contributed by atoms with van der Waals surface area (Å²) in [7, 11) is 1.91. The van der Waals surface area contributed by atoms with Crippen molar-refractivity contribution >= 4 is 0 Å². The summed E-state index contributed by atoms with van der Waals surface area (Å²) < 4.78 is 1.77. The fraction of sp³-hybridized carbons (Fsp3) is 0.429. The average Bonchev–Trinajstić information content (AvgIpc) is 2.71. The molecule has 1 saturated heterocycles. The first-order chi connectivity index (χ1) is 8.68. The summed E-state index contributed by atoms with van der Waals surface area (Å²) in [4.78, 5) is 0. The van der Waals surface area contributed by atoms with Crippen molar-refractivity contribution in [2.24, 2.45) is 7.05 Å². The molecule has 1 N–H and O–H groups in total. The van der Waals surface area contributed by atoms with E-state index in [-0.39, 0.29) is 5.41 Å². The number of nitrogens with zero attached hydrogens (tertiary/aromatic N) is 3. The molecule has 0 saturated carbocycles. The van der Waals surface area contributed by atoms with E-state index in [0.29, 0.717) is 0 Å². The molecule has 0 unspecified atom stereocenters. The van der Waals surface area contributed by atoms with Gasteiger partial charge in [-0.05, 0) is 12.5 Å². The lowest BCUT2D eigenvalue weighted by Gasteiger charge is -2.43. The third-order valence-corrected chi connectivity index (χ3v) is 3.76. The van der Waals surface area contributed by atoms with Crippen LogP contribution in [0.5, 0.6) is 0 Å². The minimum Gasteiger partial charge on any atom is -0.315 e. The van der Waals surface area contributed by atoms with Gasteiger partial charge in [-0.15, -0.1) is 5.10 Å². The third-order valence-electron chi connectivity index (χ3n) is 3.76. The van der Waals surface area contributed by atoms with Crippen LogP contribution in [0.15, 0.2) is 30.5 Å². The van der Waals surface area contributed by atoms with Crippen LogP contribution < -0.4 is 5.32 Å². The van der Waals surface area contributed by atoms with Gasteiger partial charge in [-0.1, -0.05) is 35.0 Å². The Bertz CT molecular complexity index is 537. The molecule has 1 fully saturated rings. The highest BCUT2D eigenvalue weighted by Gasteiger charge is 2.39. The van der Waals surface area contributed by atoms with Gasteiger partial charge >= 0.3 is 0 Å². The van der Waals surface area contributed by atoms with E-state index < -0.39 is 0 Å². The predicted octanol–water partition coefficient (Wildman–Crippen LogP) is 1.21. The normalized spacial score (nSPS) is 17.4. The lowest BCUT2D eigenvalue weighted by molar-refractivity contribution is 0.272. The molecule has 0 aliphatic carbocycles. The van der Waals surface area contributed by atoms with Crippen LogP contribution >= 0.6 is 0 Å². The molecule has 1 aliphatic rings. The highest BCUT2D eigenvalue weighted by molar-refractivity contribution is 5.33. The van der Waals surface area contributed by atoms with Crippen molar-refractivity contribution in [1.29, 1.82) is 0 Å². The van der Waals surface area contributed by atoms with Crippen LogP contribution in [0, 0.1) is 6.92 Å². The Labute approximate surface area is 107 Å². The fourth-order valence-corrected chi connectivity index (χ4v) is 2.59. The molecule has 1 aliphatic heterocycles. The highest BCUT2D eigenvalue weighted by Crippen LogP contribution is 2.32. The molecule has 18 heavy (non-hydrogen) atoms. The van der Waals surface area contributed by atoms with E-state index in [1.54, 1.807) is 4.68 Å². The number of aryl methyl sites for hydroxylation is 2. The average molecular weight is 242 g/mol. The van der Waals surface area contributed by atoms with E-state index in [9.17, 15) is 0 Å². The first-order valence-electron chi connectivity index (χ1n) is 6.31. The van der Waals surface area contributed by atoms with Gasteiger partial charge < -0.3 is 5.32 Å². The van der Waals surface area contributed by atoms with Crippen LogP contribution in [0.4, 0.5) is 0 Å². The van der Waals surface area contributed by atoms with Crippen LogP contribution in [0.1, 0.15) is 16.8 Å². The third kappa shape index (κ3) is 1.93. The Morgan fingerprint density at radius 3 is 2.50 bits per heavy atom. The standard InChI is InChI=1S/C14H18N4/c1-11-3-5-12(6-4-11)14(9-15-10-14)7-13-8-18(2)17-16-13/h3-6,8,15H,7,9-10H2,1-2H3. The second-order valence-electron chi connectivity index (χ2n) is 5.31. The van der Waals surface area contributed by atoms with Gasteiger partial charge in [0.1, 0.15) is 0 Å². The van der Waals surface area contributed by atoms with E-state index in [2.05, 4.69) is 46.8 Å². The maximum Gasteiger partial charge on any atom is 0.0836 e.